The number of hydrogen-bond donors (Lipinski definition) is 1. The third-order valence-corrected chi connectivity index (χ3v) is 3.79. The zero-order valence-electron chi connectivity index (χ0n) is 12.4. The molecule has 1 aliphatic carbocycles. The molecule has 0 saturated heterocycles. The molecule has 0 radical (unpaired) electrons. The van der Waals surface area contributed by atoms with E-state index in [1.165, 1.54) is 7.11 Å². The van der Waals surface area contributed by atoms with Crippen molar-refractivity contribution in [3.05, 3.63) is 35.9 Å². The summed E-state index contributed by atoms with van der Waals surface area (Å²) >= 11 is 0. The highest BCUT2D eigenvalue weighted by atomic mass is 16.6. The molecule has 0 heterocycles. The zero-order valence-corrected chi connectivity index (χ0v) is 12.4. The molecule has 1 unspecified atom stereocenters. The Kier molecular flexibility index (Phi) is 4.83. The molecule has 1 aromatic carbocycles. The molecule has 0 aromatic heterocycles. The number of carbonyl (C=O) groups is 2. The van der Waals surface area contributed by atoms with Gasteiger partial charge in [0, 0.05) is 0 Å². The van der Waals surface area contributed by atoms with Crippen LogP contribution >= 0.6 is 0 Å². The van der Waals surface area contributed by atoms with Crippen molar-refractivity contribution in [3.63, 3.8) is 0 Å². The maximum atomic E-state index is 11.8. The molecule has 1 N–H and O–H groups in total. The number of amides is 1. The lowest BCUT2D eigenvalue weighted by molar-refractivity contribution is -0.143. The molecule has 5 nitrogen and oxygen atoms in total. The average molecular weight is 291 g/mol. The second-order valence-electron chi connectivity index (χ2n) is 5.80. The van der Waals surface area contributed by atoms with Gasteiger partial charge in [-0.1, -0.05) is 37.3 Å². The van der Waals surface area contributed by atoms with Crippen LogP contribution in [0.15, 0.2) is 30.3 Å². The van der Waals surface area contributed by atoms with E-state index < -0.39 is 18.1 Å². The third kappa shape index (κ3) is 4.77. The first-order valence-electron chi connectivity index (χ1n) is 7.07. The molecule has 1 saturated carbocycles. The summed E-state index contributed by atoms with van der Waals surface area (Å²) in [4.78, 5) is 23.5. The normalized spacial score (nSPS) is 16.7. The van der Waals surface area contributed by atoms with E-state index in [2.05, 4.69) is 12.2 Å². The molecular formula is C16H21NO4. The lowest BCUT2D eigenvalue weighted by atomic mass is 9.99. The van der Waals surface area contributed by atoms with E-state index in [-0.39, 0.29) is 12.0 Å². The van der Waals surface area contributed by atoms with Crippen LogP contribution < -0.4 is 5.32 Å². The molecule has 2 rings (SSSR count). The van der Waals surface area contributed by atoms with Crippen molar-refractivity contribution < 1.29 is 19.1 Å². The number of ether oxygens (including phenoxy) is 2. The Bertz CT molecular complexity index is 496. The molecule has 21 heavy (non-hydrogen) atoms. The molecule has 1 aromatic rings. The van der Waals surface area contributed by atoms with Gasteiger partial charge in [0.05, 0.1) is 7.11 Å². The van der Waals surface area contributed by atoms with Gasteiger partial charge in [0.15, 0.2) is 0 Å². The van der Waals surface area contributed by atoms with Gasteiger partial charge in [-0.2, -0.15) is 0 Å². The SMILES string of the molecule is COC(=O)C(CC1(C)CC1)NC(=O)OCc1ccccc1. The number of methoxy groups -OCH3 is 1. The molecule has 1 amide bonds. The van der Waals surface area contributed by atoms with Crippen molar-refractivity contribution in [1.29, 1.82) is 0 Å². The Labute approximate surface area is 124 Å². The van der Waals surface area contributed by atoms with E-state index in [1.807, 2.05) is 30.3 Å². The minimum Gasteiger partial charge on any atom is -0.467 e. The van der Waals surface area contributed by atoms with Crippen LogP contribution in [0.2, 0.25) is 0 Å². The van der Waals surface area contributed by atoms with Gasteiger partial charge in [-0.15, -0.1) is 0 Å². The van der Waals surface area contributed by atoms with Crippen LogP contribution in [0.25, 0.3) is 0 Å². The van der Waals surface area contributed by atoms with Gasteiger partial charge in [-0.05, 0) is 30.2 Å². The highest BCUT2D eigenvalue weighted by Gasteiger charge is 2.41. The van der Waals surface area contributed by atoms with Crippen LogP contribution in [-0.4, -0.2) is 25.2 Å². The van der Waals surface area contributed by atoms with E-state index in [1.54, 1.807) is 0 Å². The summed E-state index contributed by atoms with van der Waals surface area (Å²) in [6.07, 6.45) is 2.13. The van der Waals surface area contributed by atoms with Gasteiger partial charge in [0.25, 0.3) is 0 Å². The highest BCUT2D eigenvalue weighted by molar-refractivity contribution is 5.81. The number of rotatable bonds is 6. The van der Waals surface area contributed by atoms with Crippen LogP contribution in [0, 0.1) is 5.41 Å². The molecule has 0 spiro atoms. The van der Waals surface area contributed by atoms with E-state index >= 15 is 0 Å². The molecule has 0 bridgehead atoms. The second kappa shape index (κ2) is 6.61. The van der Waals surface area contributed by atoms with Crippen LogP contribution in [0.3, 0.4) is 0 Å². The van der Waals surface area contributed by atoms with Gasteiger partial charge in [0.1, 0.15) is 12.6 Å². The molecule has 1 fully saturated rings. The monoisotopic (exact) mass is 291 g/mol. The van der Waals surface area contributed by atoms with Crippen LogP contribution in [0.5, 0.6) is 0 Å². The fourth-order valence-electron chi connectivity index (χ4n) is 2.15. The van der Waals surface area contributed by atoms with Gasteiger partial charge in [0.2, 0.25) is 0 Å². The molecule has 5 heteroatoms. The number of benzene rings is 1. The highest BCUT2D eigenvalue weighted by Crippen LogP contribution is 2.48. The third-order valence-electron chi connectivity index (χ3n) is 3.79. The van der Waals surface area contributed by atoms with Crippen LogP contribution in [0.4, 0.5) is 4.79 Å². The predicted molar refractivity (Wildman–Crippen MR) is 77.5 cm³/mol. The lowest BCUT2D eigenvalue weighted by Gasteiger charge is -2.19. The number of hydrogen-bond acceptors (Lipinski definition) is 4. The van der Waals surface area contributed by atoms with E-state index in [0.29, 0.717) is 6.42 Å². The molecule has 114 valence electrons. The summed E-state index contributed by atoms with van der Waals surface area (Å²) in [6.45, 7) is 2.28. The largest absolute Gasteiger partial charge is 0.467 e. The zero-order chi connectivity index (χ0) is 15.3. The first-order chi connectivity index (χ1) is 10.0. The van der Waals surface area contributed by atoms with Gasteiger partial charge in [-0.3, -0.25) is 0 Å². The van der Waals surface area contributed by atoms with Gasteiger partial charge in [-0.25, -0.2) is 9.59 Å². The minimum absolute atomic E-state index is 0.131. The number of esters is 1. The fraction of sp³-hybridized carbons (Fsp3) is 0.500. The summed E-state index contributed by atoms with van der Waals surface area (Å²) in [5.74, 6) is -0.431. The molecule has 1 aliphatic rings. The second-order valence-corrected chi connectivity index (χ2v) is 5.80. The molecular weight excluding hydrogens is 270 g/mol. The lowest BCUT2D eigenvalue weighted by Crippen LogP contribution is -2.43. The van der Waals surface area contributed by atoms with Crippen molar-refractivity contribution in [1.82, 2.24) is 5.32 Å². The van der Waals surface area contributed by atoms with E-state index in [4.69, 9.17) is 9.47 Å². The molecule has 1 atom stereocenters. The number of alkyl carbamates (subject to hydrolysis) is 1. The first-order valence-corrected chi connectivity index (χ1v) is 7.07. The fourth-order valence-corrected chi connectivity index (χ4v) is 2.15. The van der Waals surface area contributed by atoms with Crippen LogP contribution in [0.1, 0.15) is 31.7 Å². The Morgan fingerprint density at radius 3 is 2.52 bits per heavy atom. The summed E-state index contributed by atoms with van der Waals surface area (Å²) in [7, 11) is 1.32. The maximum absolute atomic E-state index is 11.8. The number of carbonyl (C=O) groups excluding carboxylic acids is 2. The van der Waals surface area contributed by atoms with E-state index in [0.717, 1.165) is 18.4 Å². The standard InChI is InChI=1S/C16H21NO4/c1-16(8-9-16)10-13(14(18)20-2)17-15(19)21-11-12-6-4-3-5-7-12/h3-7,13H,8-11H2,1-2H3,(H,17,19). The van der Waals surface area contributed by atoms with Crippen molar-refractivity contribution >= 4 is 12.1 Å². The summed E-state index contributed by atoms with van der Waals surface area (Å²) < 4.78 is 9.87. The Morgan fingerprint density at radius 1 is 1.29 bits per heavy atom. The van der Waals surface area contributed by atoms with Crippen molar-refractivity contribution in [2.45, 2.75) is 38.8 Å². The van der Waals surface area contributed by atoms with Crippen LogP contribution in [-0.2, 0) is 20.9 Å². The van der Waals surface area contributed by atoms with Gasteiger partial charge < -0.3 is 14.8 Å². The smallest absolute Gasteiger partial charge is 0.408 e. The number of nitrogens with one attached hydrogen (secondary N) is 1. The van der Waals surface area contributed by atoms with Gasteiger partial charge >= 0.3 is 12.1 Å². The Balaban J connectivity index is 1.84. The predicted octanol–water partition coefficient (Wildman–Crippen LogP) is 2.64. The quantitative estimate of drug-likeness (QED) is 0.818. The minimum atomic E-state index is -0.647. The Morgan fingerprint density at radius 2 is 1.95 bits per heavy atom. The topological polar surface area (TPSA) is 64.6 Å². The van der Waals surface area contributed by atoms with Crippen molar-refractivity contribution in [3.8, 4) is 0 Å². The first kappa shape index (κ1) is 15.4. The van der Waals surface area contributed by atoms with E-state index in [9.17, 15) is 9.59 Å². The summed E-state index contributed by atoms with van der Waals surface area (Å²) in [6, 6.07) is 8.74. The average Bonchev–Trinajstić information content (AvgIpc) is 3.22. The molecule has 0 aliphatic heterocycles. The summed E-state index contributed by atoms with van der Waals surface area (Å²) in [5, 5.41) is 2.60. The Hall–Kier alpha value is -2.04. The van der Waals surface area contributed by atoms with Crippen molar-refractivity contribution in [2.24, 2.45) is 5.41 Å². The van der Waals surface area contributed by atoms with Crippen molar-refractivity contribution in [2.75, 3.05) is 7.11 Å². The summed E-state index contributed by atoms with van der Waals surface area (Å²) in [5.41, 5.74) is 1.03. The maximum Gasteiger partial charge on any atom is 0.408 e.